The van der Waals surface area contributed by atoms with Crippen molar-refractivity contribution in [3.05, 3.63) is 59.9 Å². The second-order valence-corrected chi connectivity index (χ2v) is 6.91. The van der Waals surface area contributed by atoms with E-state index in [1.54, 1.807) is 38.4 Å². The fourth-order valence-corrected chi connectivity index (χ4v) is 3.38. The molecule has 9 heteroatoms. The van der Waals surface area contributed by atoms with Crippen molar-refractivity contribution in [2.24, 2.45) is 4.99 Å². The molecule has 0 aliphatic carbocycles. The van der Waals surface area contributed by atoms with Crippen LogP contribution in [0.3, 0.4) is 0 Å². The van der Waals surface area contributed by atoms with Gasteiger partial charge in [-0.2, -0.15) is 0 Å². The summed E-state index contributed by atoms with van der Waals surface area (Å²) in [6.45, 7) is 4.34. The minimum absolute atomic E-state index is 0. The summed E-state index contributed by atoms with van der Waals surface area (Å²) in [7, 11) is 3.33. The lowest BCUT2D eigenvalue weighted by atomic mass is 10.2. The smallest absolute Gasteiger partial charge is 0.251 e. The van der Waals surface area contributed by atoms with Crippen LogP contribution in [-0.2, 0) is 0 Å². The van der Waals surface area contributed by atoms with Crippen molar-refractivity contribution in [3.63, 3.8) is 0 Å². The van der Waals surface area contributed by atoms with Crippen molar-refractivity contribution in [1.82, 2.24) is 15.5 Å². The highest BCUT2D eigenvalue weighted by atomic mass is 127. The Morgan fingerprint density at radius 2 is 1.74 bits per heavy atom. The normalized spacial score (nSPS) is 14.0. The molecule has 0 bridgehead atoms. The van der Waals surface area contributed by atoms with E-state index in [1.165, 1.54) is 12.1 Å². The summed E-state index contributed by atoms with van der Waals surface area (Å²) in [6, 6.07) is 13.7. The van der Waals surface area contributed by atoms with Gasteiger partial charge in [0.25, 0.3) is 5.91 Å². The van der Waals surface area contributed by atoms with Crippen molar-refractivity contribution in [1.29, 1.82) is 0 Å². The van der Waals surface area contributed by atoms with Gasteiger partial charge >= 0.3 is 0 Å². The number of nitrogens with zero attached hydrogens (tertiary/aromatic N) is 3. The summed E-state index contributed by atoms with van der Waals surface area (Å²) >= 11 is 0. The lowest BCUT2D eigenvalue weighted by molar-refractivity contribution is 0.0954. The fraction of sp³-hybridized carbons (Fsp3) is 0.364. The molecule has 0 unspecified atom stereocenters. The maximum absolute atomic E-state index is 13.1. The molecular formula is C22H29FIN5O2. The zero-order valence-electron chi connectivity index (χ0n) is 17.8. The second kappa shape index (κ2) is 12.3. The van der Waals surface area contributed by atoms with Gasteiger partial charge in [0, 0.05) is 57.6 Å². The van der Waals surface area contributed by atoms with Crippen LogP contribution in [0.2, 0.25) is 0 Å². The largest absolute Gasteiger partial charge is 0.497 e. The van der Waals surface area contributed by atoms with Crippen LogP contribution in [0.1, 0.15) is 10.4 Å². The standard InChI is InChI=1S/C22H28FN5O2.HI/c1-24-22(26-11-10-25-21(29)17-4-3-5-20(16-17)30-2)28-14-12-27(13-15-28)19-8-6-18(23)7-9-19;/h3-9,16H,10-15H2,1-2H3,(H,24,26)(H,25,29);1H. The monoisotopic (exact) mass is 541 g/mol. The number of halogens is 2. The molecule has 168 valence electrons. The molecule has 1 aliphatic rings. The van der Waals surface area contributed by atoms with Crippen molar-refractivity contribution in [2.75, 3.05) is 58.3 Å². The highest BCUT2D eigenvalue weighted by Gasteiger charge is 2.19. The Bertz CT molecular complexity index is 870. The number of methoxy groups -OCH3 is 1. The molecule has 31 heavy (non-hydrogen) atoms. The number of nitrogens with one attached hydrogen (secondary N) is 2. The number of anilines is 1. The molecule has 0 atom stereocenters. The Kier molecular flexibility index (Phi) is 9.83. The average Bonchev–Trinajstić information content (AvgIpc) is 2.80. The Morgan fingerprint density at radius 3 is 2.39 bits per heavy atom. The molecular weight excluding hydrogens is 512 g/mol. The highest BCUT2D eigenvalue weighted by molar-refractivity contribution is 14.0. The number of hydrogen-bond donors (Lipinski definition) is 2. The van der Waals surface area contributed by atoms with Gasteiger partial charge in [-0.15, -0.1) is 24.0 Å². The molecule has 1 fully saturated rings. The van der Waals surface area contributed by atoms with Crippen LogP contribution in [0.4, 0.5) is 10.1 Å². The number of carbonyl (C=O) groups is 1. The minimum atomic E-state index is -0.222. The number of hydrogen-bond acceptors (Lipinski definition) is 4. The topological polar surface area (TPSA) is 69.2 Å². The SMILES string of the molecule is CN=C(NCCNC(=O)c1cccc(OC)c1)N1CCN(c2ccc(F)cc2)CC1.I. The average molecular weight is 541 g/mol. The van der Waals surface area contributed by atoms with Crippen molar-refractivity contribution in [2.45, 2.75) is 0 Å². The first kappa shape index (κ1) is 24.7. The molecule has 2 N–H and O–H groups in total. The second-order valence-electron chi connectivity index (χ2n) is 6.91. The summed E-state index contributed by atoms with van der Waals surface area (Å²) in [4.78, 5) is 21.0. The minimum Gasteiger partial charge on any atom is -0.497 e. The van der Waals surface area contributed by atoms with Crippen LogP contribution in [0.5, 0.6) is 5.75 Å². The van der Waals surface area contributed by atoms with E-state index in [-0.39, 0.29) is 35.7 Å². The summed E-state index contributed by atoms with van der Waals surface area (Å²) in [5, 5.41) is 6.20. The predicted octanol–water partition coefficient (Wildman–Crippen LogP) is 2.58. The first-order chi connectivity index (χ1) is 14.6. The summed E-state index contributed by atoms with van der Waals surface area (Å²) in [6.07, 6.45) is 0. The van der Waals surface area contributed by atoms with Crippen molar-refractivity contribution < 1.29 is 13.9 Å². The quantitative estimate of drug-likeness (QED) is 0.255. The zero-order chi connectivity index (χ0) is 21.3. The van der Waals surface area contributed by atoms with Crippen LogP contribution in [0.25, 0.3) is 0 Å². The van der Waals surface area contributed by atoms with Gasteiger partial charge in [0.2, 0.25) is 0 Å². The number of ether oxygens (including phenoxy) is 1. The van der Waals surface area contributed by atoms with E-state index in [2.05, 4.69) is 25.4 Å². The van der Waals surface area contributed by atoms with Gasteiger partial charge in [0.15, 0.2) is 5.96 Å². The van der Waals surface area contributed by atoms with Crippen LogP contribution >= 0.6 is 24.0 Å². The molecule has 1 heterocycles. The third-order valence-electron chi connectivity index (χ3n) is 5.01. The third kappa shape index (κ3) is 6.98. The van der Waals surface area contributed by atoms with Crippen molar-refractivity contribution in [3.8, 4) is 5.75 Å². The number of piperazine rings is 1. The van der Waals surface area contributed by atoms with Gasteiger partial charge in [0.1, 0.15) is 11.6 Å². The van der Waals surface area contributed by atoms with E-state index in [4.69, 9.17) is 4.74 Å². The van der Waals surface area contributed by atoms with Crippen molar-refractivity contribution >= 4 is 41.5 Å². The van der Waals surface area contributed by atoms with E-state index in [1.807, 2.05) is 12.1 Å². The maximum Gasteiger partial charge on any atom is 0.251 e. The van der Waals surface area contributed by atoms with Gasteiger partial charge < -0.3 is 25.2 Å². The number of rotatable bonds is 6. The van der Waals surface area contributed by atoms with Crippen LogP contribution in [-0.4, -0.2) is 70.2 Å². The lowest BCUT2D eigenvalue weighted by Crippen LogP contribution is -2.53. The Balaban J connectivity index is 0.00000341. The number of benzene rings is 2. The molecule has 7 nitrogen and oxygen atoms in total. The molecule has 2 aromatic rings. The first-order valence-electron chi connectivity index (χ1n) is 9.99. The summed E-state index contributed by atoms with van der Waals surface area (Å²) in [5.74, 6) is 1.10. The maximum atomic E-state index is 13.1. The molecule has 0 saturated carbocycles. The predicted molar refractivity (Wildman–Crippen MR) is 132 cm³/mol. The van der Waals surface area contributed by atoms with E-state index in [0.717, 1.165) is 37.8 Å². The Labute approximate surface area is 199 Å². The molecule has 1 aliphatic heterocycles. The van der Waals surface area contributed by atoms with Crippen LogP contribution in [0.15, 0.2) is 53.5 Å². The molecule has 1 amide bonds. The van der Waals surface area contributed by atoms with Crippen LogP contribution < -0.4 is 20.3 Å². The lowest BCUT2D eigenvalue weighted by Gasteiger charge is -2.37. The number of guanidine groups is 1. The fourth-order valence-electron chi connectivity index (χ4n) is 3.38. The molecule has 3 rings (SSSR count). The molecule has 0 spiro atoms. The number of carbonyl (C=O) groups excluding carboxylic acids is 1. The van der Waals surface area contributed by atoms with Gasteiger partial charge in [-0.3, -0.25) is 9.79 Å². The van der Waals surface area contributed by atoms with Crippen LogP contribution in [0, 0.1) is 5.82 Å². The number of amides is 1. The molecule has 2 aromatic carbocycles. The van der Waals surface area contributed by atoms with E-state index >= 15 is 0 Å². The first-order valence-corrected chi connectivity index (χ1v) is 9.99. The Morgan fingerprint density at radius 1 is 1.06 bits per heavy atom. The van der Waals surface area contributed by atoms with E-state index in [0.29, 0.717) is 24.4 Å². The van der Waals surface area contributed by atoms with Gasteiger partial charge in [-0.25, -0.2) is 4.39 Å². The van der Waals surface area contributed by atoms with Gasteiger partial charge in [-0.1, -0.05) is 6.07 Å². The summed E-state index contributed by atoms with van der Waals surface area (Å²) in [5.41, 5.74) is 1.59. The Hall–Kier alpha value is -2.56. The highest BCUT2D eigenvalue weighted by Crippen LogP contribution is 2.17. The molecule has 1 saturated heterocycles. The number of aliphatic imine (C=N–C) groups is 1. The van der Waals surface area contributed by atoms with Gasteiger partial charge in [-0.05, 0) is 42.5 Å². The zero-order valence-corrected chi connectivity index (χ0v) is 20.1. The summed E-state index contributed by atoms with van der Waals surface area (Å²) < 4.78 is 18.3. The van der Waals surface area contributed by atoms with Gasteiger partial charge in [0.05, 0.1) is 7.11 Å². The molecule has 0 radical (unpaired) electrons. The molecule has 0 aromatic heterocycles. The van der Waals surface area contributed by atoms with E-state index in [9.17, 15) is 9.18 Å². The van der Waals surface area contributed by atoms with E-state index < -0.39 is 0 Å². The third-order valence-corrected chi connectivity index (χ3v) is 5.01.